The first-order chi connectivity index (χ1) is 17.3. The van der Waals surface area contributed by atoms with Crippen LogP contribution in [0.3, 0.4) is 0 Å². The number of hydrogen-bond acceptors (Lipinski definition) is 5. The number of benzene rings is 2. The SMILES string of the molecule is C#C[C@H](Cc1ccc(-c2ccc3c(c2)C2(CCC(=N)C2)OC3=O)cc1F)NC(=O)[C@H]1N[C@@H]2CC[C@H]1C2. The lowest BCUT2D eigenvalue weighted by Gasteiger charge is -2.24. The molecular formula is C29H28FN3O3. The summed E-state index contributed by atoms with van der Waals surface area (Å²) < 4.78 is 20.9. The molecule has 6 nitrogen and oxygen atoms in total. The summed E-state index contributed by atoms with van der Waals surface area (Å²) in [5.74, 6) is 2.08. The maximum atomic E-state index is 15.2. The van der Waals surface area contributed by atoms with Gasteiger partial charge >= 0.3 is 5.97 Å². The smallest absolute Gasteiger partial charge is 0.339 e. The minimum atomic E-state index is -0.774. The Morgan fingerprint density at radius 2 is 2.08 bits per heavy atom. The molecule has 3 N–H and O–H groups in total. The van der Waals surface area contributed by atoms with Crippen LogP contribution in [-0.2, 0) is 21.6 Å². The molecule has 184 valence electrons. The largest absolute Gasteiger partial charge is 0.450 e. The average Bonchev–Trinajstić information content (AvgIpc) is 3.65. The van der Waals surface area contributed by atoms with Crippen molar-refractivity contribution in [3.05, 3.63) is 58.9 Å². The third-order valence-electron chi connectivity index (χ3n) is 8.32. The second-order valence-corrected chi connectivity index (χ2v) is 10.6. The van der Waals surface area contributed by atoms with Crippen LogP contribution in [0.5, 0.6) is 0 Å². The maximum Gasteiger partial charge on any atom is 0.339 e. The molecule has 5 atom stereocenters. The van der Waals surface area contributed by atoms with Crippen molar-refractivity contribution in [3.63, 3.8) is 0 Å². The number of amides is 1. The lowest BCUT2D eigenvalue weighted by molar-refractivity contribution is -0.124. The van der Waals surface area contributed by atoms with Gasteiger partial charge in [0.05, 0.1) is 17.6 Å². The number of halogens is 1. The quantitative estimate of drug-likeness (QED) is 0.443. The molecule has 1 unspecified atom stereocenters. The Labute approximate surface area is 209 Å². The van der Waals surface area contributed by atoms with Crippen LogP contribution in [0, 0.1) is 29.5 Å². The van der Waals surface area contributed by atoms with Gasteiger partial charge in [0.25, 0.3) is 0 Å². The highest BCUT2D eigenvalue weighted by Crippen LogP contribution is 2.48. The van der Waals surface area contributed by atoms with Gasteiger partial charge in [-0.05, 0) is 72.9 Å². The molecule has 2 aliphatic carbocycles. The van der Waals surface area contributed by atoms with Gasteiger partial charge in [-0.15, -0.1) is 6.42 Å². The molecule has 0 aromatic heterocycles. The zero-order valence-electron chi connectivity index (χ0n) is 19.9. The number of piperidine rings is 1. The fourth-order valence-electron chi connectivity index (χ4n) is 6.43. The molecular weight excluding hydrogens is 457 g/mol. The highest BCUT2D eigenvalue weighted by atomic mass is 19.1. The van der Waals surface area contributed by atoms with Gasteiger partial charge in [-0.25, -0.2) is 9.18 Å². The van der Waals surface area contributed by atoms with Crippen molar-refractivity contribution in [2.24, 2.45) is 5.92 Å². The van der Waals surface area contributed by atoms with Crippen molar-refractivity contribution in [1.29, 1.82) is 5.41 Å². The topological polar surface area (TPSA) is 91.3 Å². The van der Waals surface area contributed by atoms with E-state index in [0.717, 1.165) is 30.4 Å². The highest BCUT2D eigenvalue weighted by molar-refractivity contribution is 5.98. The van der Waals surface area contributed by atoms with Gasteiger partial charge in [0.2, 0.25) is 5.91 Å². The van der Waals surface area contributed by atoms with Crippen LogP contribution >= 0.6 is 0 Å². The monoisotopic (exact) mass is 485 g/mol. The van der Waals surface area contributed by atoms with Gasteiger partial charge < -0.3 is 20.8 Å². The average molecular weight is 486 g/mol. The summed E-state index contributed by atoms with van der Waals surface area (Å²) in [6.45, 7) is 0. The molecule has 2 saturated carbocycles. The minimum absolute atomic E-state index is 0.106. The van der Waals surface area contributed by atoms with E-state index in [9.17, 15) is 9.59 Å². The minimum Gasteiger partial charge on any atom is -0.450 e. The number of hydrogen-bond donors (Lipinski definition) is 3. The molecule has 1 spiro atoms. The van der Waals surface area contributed by atoms with Crippen LogP contribution < -0.4 is 10.6 Å². The van der Waals surface area contributed by atoms with Crippen LogP contribution in [0.1, 0.15) is 60.0 Å². The second kappa shape index (κ2) is 8.56. The Morgan fingerprint density at radius 3 is 2.75 bits per heavy atom. The third kappa shape index (κ3) is 3.81. The molecule has 2 heterocycles. The van der Waals surface area contributed by atoms with Crippen LogP contribution in [0.2, 0.25) is 0 Å². The number of rotatable bonds is 5. The van der Waals surface area contributed by atoms with Crippen LogP contribution in [0.15, 0.2) is 36.4 Å². The van der Waals surface area contributed by atoms with Gasteiger partial charge in [0, 0.05) is 30.2 Å². The predicted molar refractivity (Wildman–Crippen MR) is 133 cm³/mol. The van der Waals surface area contributed by atoms with Gasteiger partial charge in [0.1, 0.15) is 11.4 Å². The summed E-state index contributed by atoms with van der Waals surface area (Å²) in [4.78, 5) is 25.2. The van der Waals surface area contributed by atoms with Crippen LogP contribution in [-0.4, -0.2) is 35.7 Å². The van der Waals surface area contributed by atoms with Gasteiger partial charge in [-0.2, -0.15) is 0 Å². The second-order valence-electron chi connectivity index (χ2n) is 10.6. The molecule has 4 aliphatic rings. The molecule has 6 rings (SSSR count). The summed E-state index contributed by atoms with van der Waals surface area (Å²) in [5, 5.41) is 14.3. The van der Waals surface area contributed by atoms with E-state index in [2.05, 4.69) is 16.6 Å². The Morgan fingerprint density at radius 1 is 1.28 bits per heavy atom. The molecule has 1 saturated heterocycles. The summed E-state index contributed by atoms with van der Waals surface area (Å²) in [5.41, 5.74) is 2.98. The number of nitrogens with one attached hydrogen (secondary N) is 3. The van der Waals surface area contributed by atoms with E-state index < -0.39 is 17.5 Å². The van der Waals surface area contributed by atoms with Crippen molar-refractivity contribution in [1.82, 2.24) is 10.6 Å². The number of esters is 1. The maximum absolute atomic E-state index is 15.2. The number of carbonyl (C=O) groups is 2. The zero-order valence-corrected chi connectivity index (χ0v) is 19.9. The van der Waals surface area contributed by atoms with E-state index >= 15 is 4.39 Å². The molecule has 0 radical (unpaired) electrons. The first kappa shape index (κ1) is 22.9. The summed E-state index contributed by atoms with van der Waals surface area (Å²) in [6, 6.07) is 10.0. The van der Waals surface area contributed by atoms with Crippen molar-refractivity contribution >= 4 is 17.6 Å². The Bertz CT molecular complexity index is 1330. The fraction of sp³-hybridized carbons (Fsp3) is 0.414. The summed E-state index contributed by atoms with van der Waals surface area (Å²) in [6.07, 6.45) is 10.7. The van der Waals surface area contributed by atoms with E-state index in [4.69, 9.17) is 16.6 Å². The van der Waals surface area contributed by atoms with Crippen molar-refractivity contribution in [2.75, 3.05) is 0 Å². The molecule has 7 heteroatoms. The molecule has 36 heavy (non-hydrogen) atoms. The lowest BCUT2D eigenvalue weighted by atomic mass is 9.88. The van der Waals surface area contributed by atoms with Gasteiger partial charge in [-0.1, -0.05) is 24.1 Å². The third-order valence-corrected chi connectivity index (χ3v) is 8.32. The number of ether oxygens (including phenoxy) is 1. The van der Waals surface area contributed by atoms with E-state index in [-0.39, 0.29) is 24.3 Å². The summed E-state index contributed by atoms with van der Waals surface area (Å²) >= 11 is 0. The van der Waals surface area contributed by atoms with Crippen molar-refractivity contribution in [3.8, 4) is 23.5 Å². The molecule has 2 aliphatic heterocycles. The Kier molecular flexibility index (Phi) is 5.45. The molecule has 2 aromatic rings. The van der Waals surface area contributed by atoms with E-state index in [1.165, 1.54) is 6.07 Å². The van der Waals surface area contributed by atoms with E-state index in [1.54, 1.807) is 18.2 Å². The number of fused-ring (bicyclic) bond motifs is 4. The molecule has 1 amide bonds. The first-order valence-corrected chi connectivity index (χ1v) is 12.6. The van der Waals surface area contributed by atoms with Gasteiger partial charge in [0.15, 0.2) is 0 Å². The molecule has 2 aromatic carbocycles. The standard InChI is InChI=1S/C29H28FN3O3/c1-2-21(33-27(34)26-19-5-7-22(12-19)32-26)11-18-4-3-17(14-25(18)30)16-6-8-23-24(13-16)29(36-28(23)35)10-9-20(31)15-29/h1,3-4,6,8,13-14,19,21-22,26,31-32H,5,7,9-12,15H2,(H,33,34)/t19-,21+,22+,26-,29?/m0/s1. The Balaban J connectivity index is 1.19. The van der Waals surface area contributed by atoms with Crippen molar-refractivity contribution < 1.29 is 18.7 Å². The zero-order chi connectivity index (χ0) is 25.0. The van der Waals surface area contributed by atoms with Crippen LogP contribution in [0.4, 0.5) is 4.39 Å². The number of carbonyl (C=O) groups excluding carboxylic acids is 2. The van der Waals surface area contributed by atoms with Crippen molar-refractivity contribution in [2.45, 2.75) is 68.7 Å². The summed E-state index contributed by atoms with van der Waals surface area (Å²) in [7, 11) is 0. The first-order valence-electron chi connectivity index (χ1n) is 12.6. The van der Waals surface area contributed by atoms with Crippen LogP contribution in [0.25, 0.3) is 11.1 Å². The van der Waals surface area contributed by atoms with E-state index in [1.807, 2.05) is 12.1 Å². The van der Waals surface area contributed by atoms with Gasteiger partial charge in [-0.3, -0.25) is 4.79 Å². The molecule has 3 fully saturated rings. The fourth-order valence-corrected chi connectivity index (χ4v) is 6.43. The predicted octanol–water partition coefficient (Wildman–Crippen LogP) is 3.86. The number of terminal acetylenes is 1. The van der Waals surface area contributed by atoms with E-state index in [0.29, 0.717) is 53.6 Å². The normalized spacial score (nSPS) is 28.7. The Hall–Kier alpha value is -3.50. The molecule has 2 bridgehead atoms. The highest BCUT2D eigenvalue weighted by Gasteiger charge is 2.49. The lowest BCUT2D eigenvalue weighted by Crippen LogP contribution is -2.50.